The van der Waals surface area contributed by atoms with Gasteiger partial charge in [-0.05, 0) is 42.3 Å². The van der Waals surface area contributed by atoms with E-state index in [0.29, 0.717) is 34.6 Å². The highest BCUT2D eigenvalue weighted by atomic mass is 35.5. The van der Waals surface area contributed by atoms with E-state index >= 15 is 0 Å². The number of nitrogens with zero attached hydrogens (tertiary/aromatic N) is 4. The van der Waals surface area contributed by atoms with Crippen LogP contribution in [0.25, 0.3) is 16.6 Å². The molecule has 0 aliphatic heterocycles. The number of nitro benzene ring substituents is 1. The van der Waals surface area contributed by atoms with Crippen molar-refractivity contribution in [3.05, 3.63) is 140 Å². The Morgan fingerprint density at radius 3 is 2.40 bits per heavy atom. The molecule has 5 aromatic rings. The predicted molar refractivity (Wildman–Crippen MR) is 161 cm³/mol. The minimum absolute atomic E-state index is 0.0456. The standard InChI is InChI=1S/C32H27ClN4O5/c1-3-27(30-34-26-14-8-7-13-24(26)32(39)36(30)28-15-9-10-16-29(28)42-2)35(20-21-11-5-4-6-12-21)31(38)23-18-17-22(37(40)41)19-25(23)33/h4-19,27H,3,20H2,1-2H3. The van der Waals surface area contributed by atoms with Crippen molar-refractivity contribution < 1.29 is 14.5 Å². The van der Waals surface area contributed by atoms with Crippen LogP contribution in [0.4, 0.5) is 5.69 Å². The maximum absolute atomic E-state index is 14.3. The average molecular weight is 583 g/mol. The second-order valence-corrected chi connectivity index (χ2v) is 9.97. The Labute approximate surface area is 246 Å². The van der Waals surface area contributed by atoms with E-state index in [-0.39, 0.29) is 28.4 Å². The number of rotatable bonds is 9. The van der Waals surface area contributed by atoms with Crippen LogP contribution in [0.2, 0.25) is 5.02 Å². The molecule has 10 heteroatoms. The molecule has 0 saturated heterocycles. The Balaban J connectivity index is 1.75. The van der Waals surface area contributed by atoms with Crippen molar-refractivity contribution in [2.75, 3.05) is 7.11 Å². The van der Waals surface area contributed by atoms with Gasteiger partial charge in [-0.15, -0.1) is 0 Å². The molecule has 0 saturated carbocycles. The summed E-state index contributed by atoms with van der Waals surface area (Å²) in [5.74, 6) is 0.347. The van der Waals surface area contributed by atoms with Crippen molar-refractivity contribution in [1.29, 1.82) is 0 Å². The van der Waals surface area contributed by atoms with Crippen LogP contribution in [0, 0.1) is 10.1 Å². The minimum Gasteiger partial charge on any atom is -0.495 e. The summed E-state index contributed by atoms with van der Waals surface area (Å²) in [5.41, 5.74) is 1.39. The average Bonchev–Trinajstić information content (AvgIpc) is 3.01. The van der Waals surface area contributed by atoms with Gasteiger partial charge in [0.2, 0.25) is 0 Å². The summed E-state index contributed by atoms with van der Waals surface area (Å²) in [6.07, 6.45) is 0.392. The molecule has 0 spiro atoms. The van der Waals surface area contributed by atoms with Crippen LogP contribution >= 0.6 is 11.6 Å². The van der Waals surface area contributed by atoms with E-state index in [4.69, 9.17) is 21.3 Å². The summed E-state index contributed by atoms with van der Waals surface area (Å²) >= 11 is 6.44. The normalized spacial score (nSPS) is 11.7. The van der Waals surface area contributed by atoms with Crippen molar-refractivity contribution in [2.45, 2.75) is 25.9 Å². The van der Waals surface area contributed by atoms with Crippen LogP contribution in [-0.2, 0) is 6.54 Å². The van der Waals surface area contributed by atoms with Gasteiger partial charge in [-0.3, -0.25) is 24.3 Å². The Hall–Kier alpha value is -5.02. The molecule has 0 bridgehead atoms. The van der Waals surface area contributed by atoms with Crippen molar-refractivity contribution in [3.63, 3.8) is 0 Å². The number of para-hydroxylation sites is 3. The molecule has 0 radical (unpaired) electrons. The lowest BCUT2D eigenvalue weighted by Gasteiger charge is -2.33. The van der Waals surface area contributed by atoms with Crippen molar-refractivity contribution >= 4 is 34.1 Å². The van der Waals surface area contributed by atoms with Crippen LogP contribution in [0.5, 0.6) is 5.75 Å². The van der Waals surface area contributed by atoms with E-state index in [1.807, 2.05) is 37.3 Å². The van der Waals surface area contributed by atoms with Gasteiger partial charge < -0.3 is 9.64 Å². The largest absolute Gasteiger partial charge is 0.495 e. The highest BCUT2D eigenvalue weighted by Crippen LogP contribution is 2.33. The predicted octanol–water partition coefficient (Wildman–Crippen LogP) is 6.75. The van der Waals surface area contributed by atoms with Gasteiger partial charge in [0.1, 0.15) is 11.6 Å². The fourth-order valence-electron chi connectivity index (χ4n) is 5.01. The summed E-state index contributed by atoms with van der Waals surface area (Å²) in [7, 11) is 1.52. The van der Waals surface area contributed by atoms with Gasteiger partial charge in [0.05, 0.1) is 45.3 Å². The third-order valence-corrected chi connectivity index (χ3v) is 7.35. The number of fused-ring (bicyclic) bond motifs is 1. The summed E-state index contributed by atoms with van der Waals surface area (Å²) in [5, 5.41) is 11.7. The minimum atomic E-state index is -0.703. The number of carbonyl (C=O) groups excluding carboxylic acids is 1. The smallest absolute Gasteiger partial charge is 0.270 e. The van der Waals surface area contributed by atoms with Gasteiger partial charge in [0, 0.05) is 18.7 Å². The third kappa shape index (κ3) is 5.46. The topological polar surface area (TPSA) is 108 Å². The number of ether oxygens (including phenoxy) is 1. The van der Waals surface area contributed by atoms with Crippen LogP contribution in [0.1, 0.15) is 41.1 Å². The van der Waals surface area contributed by atoms with Gasteiger partial charge in [-0.1, -0.05) is 73.1 Å². The van der Waals surface area contributed by atoms with E-state index < -0.39 is 16.9 Å². The molecule has 1 amide bonds. The van der Waals surface area contributed by atoms with Crippen molar-refractivity contribution in [3.8, 4) is 11.4 Å². The fraction of sp³-hybridized carbons (Fsp3) is 0.156. The lowest BCUT2D eigenvalue weighted by Crippen LogP contribution is -2.38. The lowest BCUT2D eigenvalue weighted by molar-refractivity contribution is -0.384. The molecule has 4 aromatic carbocycles. The highest BCUT2D eigenvalue weighted by molar-refractivity contribution is 6.34. The highest BCUT2D eigenvalue weighted by Gasteiger charge is 2.32. The van der Waals surface area contributed by atoms with E-state index in [1.165, 1.54) is 23.8 Å². The molecule has 1 aromatic heterocycles. The molecule has 1 heterocycles. The van der Waals surface area contributed by atoms with Gasteiger partial charge in [0.25, 0.3) is 17.2 Å². The van der Waals surface area contributed by atoms with E-state index in [2.05, 4.69) is 0 Å². The van der Waals surface area contributed by atoms with Crippen LogP contribution < -0.4 is 10.3 Å². The molecule has 0 aliphatic carbocycles. The second-order valence-electron chi connectivity index (χ2n) is 9.56. The Morgan fingerprint density at radius 2 is 1.71 bits per heavy atom. The zero-order valence-electron chi connectivity index (χ0n) is 22.9. The number of benzene rings is 4. The molecule has 9 nitrogen and oxygen atoms in total. The number of carbonyl (C=O) groups is 1. The molecule has 5 rings (SSSR count). The van der Waals surface area contributed by atoms with Crippen LogP contribution in [-0.4, -0.2) is 32.4 Å². The Bertz CT molecular complexity index is 1840. The molecule has 1 atom stereocenters. The molecule has 0 aliphatic rings. The quantitative estimate of drug-likeness (QED) is 0.140. The van der Waals surface area contributed by atoms with Gasteiger partial charge in [-0.25, -0.2) is 4.98 Å². The number of non-ortho nitro benzene ring substituents is 1. The SMILES string of the molecule is CCC(c1nc2ccccc2c(=O)n1-c1ccccc1OC)N(Cc1ccccc1)C(=O)c1ccc([N+](=O)[O-])cc1Cl. The van der Waals surface area contributed by atoms with Gasteiger partial charge >= 0.3 is 0 Å². The molecule has 0 fully saturated rings. The molecule has 1 unspecified atom stereocenters. The number of nitro groups is 1. The first-order valence-electron chi connectivity index (χ1n) is 13.3. The Morgan fingerprint density at radius 1 is 1.02 bits per heavy atom. The number of hydrogen-bond donors (Lipinski definition) is 0. The molecule has 212 valence electrons. The van der Waals surface area contributed by atoms with Crippen LogP contribution in [0.3, 0.4) is 0 Å². The van der Waals surface area contributed by atoms with Gasteiger partial charge in [0.15, 0.2) is 0 Å². The lowest BCUT2D eigenvalue weighted by atomic mass is 10.1. The number of aromatic nitrogens is 2. The summed E-state index contributed by atoms with van der Waals surface area (Å²) in [6.45, 7) is 2.07. The number of hydrogen-bond acceptors (Lipinski definition) is 6. The summed E-state index contributed by atoms with van der Waals surface area (Å²) in [4.78, 5) is 45.7. The number of halogens is 1. The first-order valence-corrected chi connectivity index (χ1v) is 13.7. The van der Waals surface area contributed by atoms with E-state index in [0.717, 1.165) is 11.6 Å². The van der Waals surface area contributed by atoms with Crippen LogP contribution in [0.15, 0.2) is 102 Å². The summed E-state index contributed by atoms with van der Waals surface area (Å²) < 4.78 is 7.11. The fourth-order valence-corrected chi connectivity index (χ4v) is 5.27. The van der Waals surface area contributed by atoms with Gasteiger partial charge in [-0.2, -0.15) is 0 Å². The van der Waals surface area contributed by atoms with E-state index in [9.17, 15) is 19.7 Å². The monoisotopic (exact) mass is 582 g/mol. The summed E-state index contributed by atoms with van der Waals surface area (Å²) in [6, 6.07) is 26.7. The molecular weight excluding hydrogens is 556 g/mol. The zero-order valence-corrected chi connectivity index (χ0v) is 23.7. The second kappa shape index (κ2) is 12.2. The maximum atomic E-state index is 14.3. The first-order chi connectivity index (χ1) is 20.3. The Kier molecular flexibility index (Phi) is 8.31. The third-order valence-electron chi connectivity index (χ3n) is 7.04. The van der Waals surface area contributed by atoms with Crippen molar-refractivity contribution in [2.24, 2.45) is 0 Å². The molecule has 42 heavy (non-hydrogen) atoms. The molecular formula is C32H27ClN4O5. The van der Waals surface area contributed by atoms with Crippen molar-refractivity contribution in [1.82, 2.24) is 14.5 Å². The zero-order chi connectivity index (χ0) is 29.8. The first kappa shape index (κ1) is 28.5. The molecule has 0 N–H and O–H groups in total. The number of methoxy groups -OCH3 is 1. The van der Waals surface area contributed by atoms with E-state index in [1.54, 1.807) is 53.4 Å². The number of amides is 1. The maximum Gasteiger partial charge on any atom is 0.270 e.